The molecule has 2 nitrogen and oxygen atoms in total. The highest BCUT2D eigenvalue weighted by atomic mass is 19.4. The zero-order valence-electron chi connectivity index (χ0n) is 10.9. The molecule has 0 spiro atoms. The molecule has 20 heavy (non-hydrogen) atoms. The van der Waals surface area contributed by atoms with Gasteiger partial charge in [-0.2, -0.15) is 13.2 Å². The lowest BCUT2D eigenvalue weighted by molar-refractivity contribution is -0.137. The Morgan fingerprint density at radius 3 is 2.15 bits per heavy atom. The van der Waals surface area contributed by atoms with Crippen LogP contribution in [0.15, 0.2) is 48.5 Å². The number of hydrogen-bond donors (Lipinski definition) is 2. The van der Waals surface area contributed by atoms with Crippen LogP contribution >= 0.6 is 0 Å². The molecule has 2 aromatic rings. The second-order valence-electron chi connectivity index (χ2n) is 4.57. The number of alkyl halides is 3. The Hall–Kier alpha value is -2.17. The third-order valence-corrected chi connectivity index (χ3v) is 3.06. The maximum Gasteiger partial charge on any atom is 0.416 e. The SMILES string of the molecule is CC(Nc1ccc(C(F)(F)F)cc1)c1ccccc1N. The largest absolute Gasteiger partial charge is 0.416 e. The van der Waals surface area contributed by atoms with Crippen LogP contribution in [-0.2, 0) is 6.18 Å². The molecule has 1 atom stereocenters. The normalized spacial score (nSPS) is 13.0. The van der Waals surface area contributed by atoms with Gasteiger partial charge < -0.3 is 11.1 Å². The fraction of sp³-hybridized carbons (Fsp3) is 0.200. The molecule has 0 aliphatic rings. The fourth-order valence-corrected chi connectivity index (χ4v) is 1.99. The average Bonchev–Trinajstić information content (AvgIpc) is 2.38. The number of para-hydroxylation sites is 1. The van der Waals surface area contributed by atoms with Gasteiger partial charge in [-0.05, 0) is 42.8 Å². The molecule has 2 aromatic carbocycles. The van der Waals surface area contributed by atoms with E-state index in [1.165, 1.54) is 12.1 Å². The van der Waals surface area contributed by atoms with Crippen LogP contribution in [0.1, 0.15) is 24.1 Å². The van der Waals surface area contributed by atoms with E-state index < -0.39 is 11.7 Å². The Balaban J connectivity index is 2.13. The molecule has 0 saturated heterocycles. The van der Waals surface area contributed by atoms with Gasteiger partial charge in [-0.3, -0.25) is 0 Å². The van der Waals surface area contributed by atoms with Crippen molar-refractivity contribution in [1.29, 1.82) is 0 Å². The van der Waals surface area contributed by atoms with Crippen molar-refractivity contribution in [2.45, 2.75) is 19.1 Å². The number of nitrogens with one attached hydrogen (secondary N) is 1. The second kappa shape index (κ2) is 5.45. The first-order valence-corrected chi connectivity index (χ1v) is 6.16. The van der Waals surface area contributed by atoms with E-state index in [0.29, 0.717) is 11.4 Å². The first-order chi connectivity index (χ1) is 9.38. The maximum absolute atomic E-state index is 12.5. The maximum atomic E-state index is 12.5. The number of rotatable bonds is 3. The van der Waals surface area contributed by atoms with E-state index >= 15 is 0 Å². The zero-order chi connectivity index (χ0) is 14.8. The summed E-state index contributed by atoms with van der Waals surface area (Å²) in [4.78, 5) is 0. The van der Waals surface area contributed by atoms with Crippen LogP contribution in [0, 0.1) is 0 Å². The van der Waals surface area contributed by atoms with Crippen molar-refractivity contribution in [3.05, 3.63) is 59.7 Å². The number of benzene rings is 2. The van der Waals surface area contributed by atoms with Crippen LogP contribution in [0.25, 0.3) is 0 Å². The predicted octanol–water partition coefficient (Wildman–Crippen LogP) is 4.46. The summed E-state index contributed by atoms with van der Waals surface area (Å²) >= 11 is 0. The summed E-state index contributed by atoms with van der Waals surface area (Å²) in [5.41, 5.74) is 7.39. The summed E-state index contributed by atoms with van der Waals surface area (Å²) in [5.74, 6) is 0. The van der Waals surface area contributed by atoms with Gasteiger partial charge in [0.25, 0.3) is 0 Å². The molecule has 0 radical (unpaired) electrons. The van der Waals surface area contributed by atoms with Crippen LogP contribution in [0.2, 0.25) is 0 Å². The van der Waals surface area contributed by atoms with E-state index in [-0.39, 0.29) is 6.04 Å². The summed E-state index contributed by atoms with van der Waals surface area (Å²) in [5, 5.41) is 3.13. The molecule has 0 aliphatic heterocycles. The third-order valence-electron chi connectivity index (χ3n) is 3.06. The standard InChI is InChI=1S/C15H15F3N2/c1-10(13-4-2-3-5-14(13)19)20-12-8-6-11(7-9-12)15(16,17)18/h2-10,20H,19H2,1H3. The van der Waals surface area contributed by atoms with Gasteiger partial charge in [0.1, 0.15) is 0 Å². The third kappa shape index (κ3) is 3.23. The van der Waals surface area contributed by atoms with Crippen molar-refractivity contribution in [1.82, 2.24) is 0 Å². The van der Waals surface area contributed by atoms with Gasteiger partial charge in [-0.25, -0.2) is 0 Å². The van der Waals surface area contributed by atoms with E-state index in [9.17, 15) is 13.2 Å². The molecule has 3 N–H and O–H groups in total. The van der Waals surface area contributed by atoms with Crippen LogP contribution in [-0.4, -0.2) is 0 Å². The van der Waals surface area contributed by atoms with Gasteiger partial charge in [-0.1, -0.05) is 18.2 Å². The first-order valence-electron chi connectivity index (χ1n) is 6.16. The molecule has 0 aromatic heterocycles. The minimum Gasteiger partial charge on any atom is -0.398 e. The van der Waals surface area contributed by atoms with Crippen molar-refractivity contribution in [3.63, 3.8) is 0 Å². The molecule has 0 bridgehead atoms. The lowest BCUT2D eigenvalue weighted by atomic mass is 10.1. The summed E-state index contributed by atoms with van der Waals surface area (Å²) in [6.45, 7) is 1.91. The highest BCUT2D eigenvalue weighted by Crippen LogP contribution is 2.30. The number of nitrogens with two attached hydrogens (primary N) is 1. The van der Waals surface area contributed by atoms with Gasteiger partial charge in [0.15, 0.2) is 0 Å². The molecule has 106 valence electrons. The van der Waals surface area contributed by atoms with Gasteiger partial charge in [0, 0.05) is 11.4 Å². The summed E-state index contributed by atoms with van der Waals surface area (Å²) in [7, 11) is 0. The average molecular weight is 280 g/mol. The zero-order valence-corrected chi connectivity index (χ0v) is 10.9. The second-order valence-corrected chi connectivity index (χ2v) is 4.57. The molecule has 0 saturated carbocycles. The van der Waals surface area contributed by atoms with Gasteiger partial charge in [0.2, 0.25) is 0 Å². The summed E-state index contributed by atoms with van der Waals surface area (Å²) < 4.78 is 37.4. The smallest absolute Gasteiger partial charge is 0.398 e. The molecular formula is C15H15F3N2. The lowest BCUT2D eigenvalue weighted by Gasteiger charge is -2.18. The quantitative estimate of drug-likeness (QED) is 0.814. The first kappa shape index (κ1) is 14.2. The highest BCUT2D eigenvalue weighted by molar-refractivity contribution is 5.53. The molecule has 0 amide bonds. The van der Waals surface area contributed by atoms with Crippen molar-refractivity contribution in [3.8, 4) is 0 Å². The molecule has 5 heteroatoms. The molecular weight excluding hydrogens is 265 g/mol. The Bertz CT molecular complexity index is 576. The van der Waals surface area contributed by atoms with Crippen LogP contribution in [0.3, 0.4) is 0 Å². The van der Waals surface area contributed by atoms with Crippen molar-refractivity contribution >= 4 is 11.4 Å². The monoisotopic (exact) mass is 280 g/mol. The van der Waals surface area contributed by atoms with Crippen LogP contribution in [0.5, 0.6) is 0 Å². The Morgan fingerprint density at radius 2 is 1.60 bits per heavy atom. The van der Waals surface area contributed by atoms with Crippen molar-refractivity contribution in [2.75, 3.05) is 11.1 Å². The van der Waals surface area contributed by atoms with Crippen molar-refractivity contribution in [2.24, 2.45) is 0 Å². The number of halogens is 3. The summed E-state index contributed by atoms with van der Waals surface area (Å²) in [6, 6.07) is 12.2. The molecule has 0 aliphatic carbocycles. The number of hydrogen-bond acceptors (Lipinski definition) is 2. The number of nitrogen functional groups attached to an aromatic ring is 1. The van der Waals surface area contributed by atoms with Crippen LogP contribution < -0.4 is 11.1 Å². The van der Waals surface area contributed by atoms with Gasteiger partial charge in [0.05, 0.1) is 11.6 Å². The van der Waals surface area contributed by atoms with E-state index in [1.54, 1.807) is 6.07 Å². The van der Waals surface area contributed by atoms with Crippen molar-refractivity contribution < 1.29 is 13.2 Å². The molecule has 0 fully saturated rings. The molecule has 0 heterocycles. The van der Waals surface area contributed by atoms with E-state index in [0.717, 1.165) is 17.7 Å². The Kier molecular flexibility index (Phi) is 3.88. The number of anilines is 2. The Labute approximate surface area is 115 Å². The lowest BCUT2D eigenvalue weighted by Crippen LogP contribution is -2.09. The predicted molar refractivity (Wildman–Crippen MR) is 74.3 cm³/mol. The molecule has 1 unspecified atom stereocenters. The summed E-state index contributed by atoms with van der Waals surface area (Å²) in [6.07, 6.45) is -4.31. The fourth-order valence-electron chi connectivity index (χ4n) is 1.99. The minimum absolute atomic E-state index is 0.0899. The Morgan fingerprint density at radius 1 is 1.00 bits per heavy atom. The van der Waals surface area contributed by atoms with E-state index in [2.05, 4.69) is 5.32 Å². The van der Waals surface area contributed by atoms with E-state index in [1.807, 2.05) is 25.1 Å². The van der Waals surface area contributed by atoms with Gasteiger partial charge in [-0.15, -0.1) is 0 Å². The highest BCUT2D eigenvalue weighted by Gasteiger charge is 2.29. The van der Waals surface area contributed by atoms with Gasteiger partial charge >= 0.3 is 6.18 Å². The molecule has 2 rings (SSSR count). The van der Waals surface area contributed by atoms with Crippen LogP contribution in [0.4, 0.5) is 24.5 Å². The van der Waals surface area contributed by atoms with E-state index in [4.69, 9.17) is 5.73 Å². The topological polar surface area (TPSA) is 38.0 Å². The minimum atomic E-state index is -4.31.